The maximum absolute atomic E-state index is 13.6. The van der Waals surface area contributed by atoms with Gasteiger partial charge in [-0.3, -0.25) is 4.79 Å². The molecule has 27 heavy (non-hydrogen) atoms. The summed E-state index contributed by atoms with van der Waals surface area (Å²) in [5.74, 6) is -1.15. The molecule has 0 saturated heterocycles. The molecular weight excluding hydrogens is 351 g/mol. The summed E-state index contributed by atoms with van der Waals surface area (Å²) in [6.45, 7) is 1.83. The van der Waals surface area contributed by atoms with Crippen molar-refractivity contribution in [1.29, 1.82) is 0 Å². The first-order valence-corrected chi connectivity index (χ1v) is 8.68. The Morgan fingerprint density at radius 1 is 1.30 bits per heavy atom. The third kappa shape index (κ3) is 2.06. The third-order valence-corrected chi connectivity index (χ3v) is 5.47. The number of halogens is 1. The van der Waals surface area contributed by atoms with Gasteiger partial charge in [0.2, 0.25) is 0 Å². The van der Waals surface area contributed by atoms with Crippen molar-refractivity contribution >= 4 is 16.9 Å². The fourth-order valence-corrected chi connectivity index (χ4v) is 3.95. The highest BCUT2D eigenvalue weighted by Gasteiger charge is 2.45. The van der Waals surface area contributed by atoms with Crippen LogP contribution in [0.4, 0.5) is 4.39 Å². The Labute approximate surface area is 152 Å². The van der Waals surface area contributed by atoms with Gasteiger partial charge in [-0.25, -0.2) is 14.2 Å². The van der Waals surface area contributed by atoms with Crippen molar-refractivity contribution in [3.8, 4) is 11.4 Å². The molecule has 2 aliphatic heterocycles. The molecule has 3 aromatic rings. The predicted molar refractivity (Wildman–Crippen MR) is 94.5 cm³/mol. The molecule has 0 bridgehead atoms. The molecule has 6 nitrogen and oxygen atoms in total. The fourth-order valence-electron chi connectivity index (χ4n) is 3.95. The molecule has 0 saturated carbocycles. The number of nitrogens with zero attached hydrogens (tertiary/aromatic N) is 2. The van der Waals surface area contributed by atoms with Crippen molar-refractivity contribution < 1.29 is 19.0 Å². The van der Waals surface area contributed by atoms with E-state index in [1.165, 1.54) is 12.1 Å². The monoisotopic (exact) mass is 366 g/mol. The number of hydrogen-bond acceptors (Lipinski definition) is 5. The number of esters is 1. The molecular formula is C20H15FN2O4. The number of cyclic esters (lactones) is 1. The van der Waals surface area contributed by atoms with Crippen molar-refractivity contribution in [3.05, 3.63) is 63.2 Å². The minimum atomic E-state index is -1.85. The molecule has 5 rings (SSSR count). The standard InChI is InChI=1S/C20H15FN2O4/c1-2-20(26)14-7-16-17-11(5-10-3-4-12(21)6-15(10)22-17)8-23(16)18(24)13(14)9-27-19(20)25/h3-7,26H,2,8-9H2,1H3. The van der Waals surface area contributed by atoms with Gasteiger partial charge in [0, 0.05) is 22.6 Å². The predicted octanol–water partition coefficient (Wildman–Crippen LogP) is 2.22. The zero-order valence-corrected chi connectivity index (χ0v) is 14.5. The number of carbonyl (C=O) groups is 1. The Bertz CT molecular complexity index is 1220. The van der Waals surface area contributed by atoms with Gasteiger partial charge in [-0.2, -0.15) is 0 Å². The summed E-state index contributed by atoms with van der Waals surface area (Å²) in [7, 11) is 0. The second-order valence-electron chi connectivity index (χ2n) is 6.94. The first-order valence-electron chi connectivity index (χ1n) is 8.68. The lowest BCUT2D eigenvalue weighted by Gasteiger charge is -2.31. The molecule has 4 heterocycles. The Kier molecular flexibility index (Phi) is 3.13. The van der Waals surface area contributed by atoms with Gasteiger partial charge >= 0.3 is 5.97 Å². The highest BCUT2D eigenvalue weighted by Crippen LogP contribution is 2.38. The van der Waals surface area contributed by atoms with E-state index in [4.69, 9.17) is 4.74 Å². The lowest BCUT2D eigenvalue weighted by atomic mass is 9.86. The van der Waals surface area contributed by atoms with Crippen LogP contribution in [0.25, 0.3) is 22.3 Å². The van der Waals surface area contributed by atoms with Gasteiger partial charge in [0.25, 0.3) is 5.56 Å². The van der Waals surface area contributed by atoms with Crippen LogP contribution >= 0.6 is 0 Å². The topological polar surface area (TPSA) is 81.4 Å². The summed E-state index contributed by atoms with van der Waals surface area (Å²) in [6, 6.07) is 7.89. The molecule has 2 aromatic heterocycles. The van der Waals surface area contributed by atoms with E-state index in [0.29, 0.717) is 23.4 Å². The van der Waals surface area contributed by atoms with Crippen molar-refractivity contribution in [2.75, 3.05) is 0 Å². The highest BCUT2D eigenvalue weighted by molar-refractivity contribution is 5.86. The van der Waals surface area contributed by atoms with Gasteiger partial charge in [-0.15, -0.1) is 0 Å². The Balaban J connectivity index is 1.80. The number of aromatic nitrogens is 2. The number of carbonyl (C=O) groups excluding carboxylic acids is 1. The summed E-state index contributed by atoms with van der Waals surface area (Å²) in [5.41, 5.74) is 0.784. The molecule has 1 N–H and O–H groups in total. The van der Waals surface area contributed by atoms with Crippen LogP contribution in [-0.4, -0.2) is 20.6 Å². The number of benzene rings is 1. The maximum Gasteiger partial charge on any atom is 0.343 e. The molecule has 1 unspecified atom stereocenters. The Morgan fingerprint density at radius 3 is 2.89 bits per heavy atom. The number of hydrogen-bond donors (Lipinski definition) is 1. The lowest BCUT2D eigenvalue weighted by molar-refractivity contribution is -0.172. The summed E-state index contributed by atoms with van der Waals surface area (Å²) in [4.78, 5) is 29.7. The maximum atomic E-state index is 13.6. The van der Waals surface area contributed by atoms with Crippen LogP contribution in [0, 0.1) is 5.82 Å². The molecule has 0 spiro atoms. The average molecular weight is 366 g/mol. The van der Waals surface area contributed by atoms with Gasteiger partial charge in [0.05, 0.1) is 29.0 Å². The second kappa shape index (κ2) is 5.23. The Morgan fingerprint density at radius 2 is 2.11 bits per heavy atom. The van der Waals surface area contributed by atoms with Crippen LogP contribution in [-0.2, 0) is 28.3 Å². The number of aliphatic hydroxyl groups is 1. The van der Waals surface area contributed by atoms with Gasteiger partial charge in [0.1, 0.15) is 12.4 Å². The van der Waals surface area contributed by atoms with Crippen LogP contribution in [0.3, 0.4) is 0 Å². The van der Waals surface area contributed by atoms with Crippen molar-refractivity contribution in [1.82, 2.24) is 9.55 Å². The van der Waals surface area contributed by atoms with Crippen LogP contribution in [0.2, 0.25) is 0 Å². The molecule has 0 radical (unpaired) electrons. The molecule has 0 fully saturated rings. The first-order chi connectivity index (χ1) is 12.9. The molecule has 0 aliphatic carbocycles. The number of pyridine rings is 2. The van der Waals surface area contributed by atoms with E-state index in [2.05, 4.69) is 4.98 Å². The van der Waals surface area contributed by atoms with E-state index in [9.17, 15) is 19.1 Å². The van der Waals surface area contributed by atoms with Gasteiger partial charge in [0.15, 0.2) is 5.60 Å². The van der Waals surface area contributed by atoms with Crippen LogP contribution in [0.1, 0.15) is 30.0 Å². The number of fused-ring (bicyclic) bond motifs is 5. The van der Waals surface area contributed by atoms with Gasteiger partial charge in [-0.05, 0) is 30.7 Å². The SMILES string of the molecule is CCC1(O)C(=O)OCc2c1cc1n(c2=O)Cc2cc3ccc(F)cc3nc2-1. The highest BCUT2D eigenvalue weighted by atomic mass is 19.1. The minimum absolute atomic E-state index is 0.0882. The van der Waals surface area contributed by atoms with Gasteiger partial charge < -0.3 is 14.4 Å². The van der Waals surface area contributed by atoms with E-state index < -0.39 is 11.6 Å². The summed E-state index contributed by atoms with van der Waals surface area (Å²) >= 11 is 0. The summed E-state index contributed by atoms with van der Waals surface area (Å²) < 4.78 is 20.2. The average Bonchev–Trinajstić information content (AvgIpc) is 3.01. The normalized spacial score (nSPS) is 20.2. The zero-order chi connectivity index (χ0) is 18.9. The lowest BCUT2D eigenvalue weighted by Crippen LogP contribution is -2.44. The third-order valence-electron chi connectivity index (χ3n) is 5.47. The molecule has 136 valence electrons. The van der Waals surface area contributed by atoms with E-state index in [1.54, 1.807) is 23.6 Å². The first kappa shape index (κ1) is 16.1. The number of ether oxygens (including phenoxy) is 1. The van der Waals surface area contributed by atoms with E-state index in [-0.39, 0.29) is 35.5 Å². The van der Waals surface area contributed by atoms with Crippen LogP contribution in [0.5, 0.6) is 0 Å². The smallest absolute Gasteiger partial charge is 0.343 e. The number of rotatable bonds is 1. The molecule has 1 aromatic carbocycles. The molecule has 0 amide bonds. The van der Waals surface area contributed by atoms with E-state index in [0.717, 1.165) is 10.9 Å². The van der Waals surface area contributed by atoms with Crippen LogP contribution in [0.15, 0.2) is 35.1 Å². The fraction of sp³-hybridized carbons (Fsp3) is 0.250. The summed E-state index contributed by atoms with van der Waals surface area (Å²) in [5, 5.41) is 11.6. The van der Waals surface area contributed by atoms with Gasteiger partial charge in [-0.1, -0.05) is 6.92 Å². The Hall–Kier alpha value is -3.06. The zero-order valence-electron chi connectivity index (χ0n) is 14.5. The van der Waals surface area contributed by atoms with Crippen molar-refractivity contribution in [2.45, 2.75) is 32.1 Å². The largest absolute Gasteiger partial charge is 0.458 e. The molecule has 1 atom stereocenters. The molecule has 2 aliphatic rings. The van der Waals surface area contributed by atoms with E-state index in [1.807, 2.05) is 6.07 Å². The quantitative estimate of drug-likeness (QED) is 0.523. The molecule has 7 heteroatoms. The minimum Gasteiger partial charge on any atom is -0.458 e. The summed E-state index contributed by atoms with van der Waals surface area (Å²) in [6.07, 6.45) is 0.0882. The van der Waals surface area contributed by atoms with E-state index >= 15 is 0 Å². The van der Waals surface area contributed by atoms with Crippen LogP contribution < -0.4 is 5.56 Å². The van der Waals surface area contributed by atoms with Crippen molar-refractivity contribution in [3.63, 3.8) is 0 Å². The van der Waals surface area contributed by atoms with Crippen molar-refractivity contribution in [2.24, 2.45) is 0 Å². The second-order valence-corrected chi connectivity index (χ2v) is 6.94.